The Bertz CT molecular complexity index is 615. The molecule has 3 heteroatoms. The largest absolute Gasteiger partial charge is 0.458 e. The average molecular weight is 663 g/mol. The summed E-state index contributed by atoms with van der Waals surface area (Å²) < 4.78 is 5.36. The highest BCUT2D eigenvalue weighted by molar-refractivity contribution is 5.66. The van der Waals surface area contributed by atoms with Gasteiger partial charge in [0.25, 0.3) is 0 Å². The summed E-state index contributed by atoms with van der Waals surface area (Å²) in [6.45, 7) is 3.92. The predicted molar refractivity (Wildman–Crippen MR) is 208 cm³/mol. The SMILES string of the molecule is CCCCCCCCCCCCCCCCCCCCCCCCCCCCCCCCCCCCCC(C=CCCO)OC(C)=O. The van der Waals surface area contributed by atoms with Crippen molar-refractivity contribution >= 4 is 5.97 Å². The molecule has 0 saturated carbocycles. The number of aliphatic hydroxyl groups excluding tert-OH is 1. The van der Waals surface area contributed by atoms with Crippen LogP contribution in [0.1, 0.15) is 251 Å². The zero-order valence-corrected chi connectivity index (χ0v) is 32.4. The molecule has 0 saturated heterocycles. The minimum absolute atomic E-state index is 0.132. The maximum atomic E-state index is 11.3. The molecule has 47 heavy (non-hydrogen) atoms. The van der Waals surface area contributed by atoms with Crippen LogP contribution in [0.4, 0.5) is 0 Å². The van der Waals surface area contributed by atoms with E-state index in [9.17, 15) is 4.79 Å². The molecule has 1 atom stereocenters. The van der Waals surface area contributed by atoms with Crippen LogP contribution in [0, 0.1) is 0 Å². The Kier molecular flexibility index (Phi) is 40.6. The number of carbonyl (C=O) groups excluding carboxylic acids is 1. The summed E-state index contributed by atoms with van der Waals surface area (Å²) >= 11 is 0. The summed E-state index contributed by atoms with van der Waals surface area (Å²) in [4.78, 5) is 11.3. The number of unbranched alkanes of at least 4 members (excludes halogenated alkanes) is 34. The summed E-state index contributed by atoms with van der Waals surface area (Å²) in [5, 5.41) is 8.91. The molecule has 0 spiro atoms. The molecule has 0 aromatic heterocycles. The van der Waals surface area contributed by atoms with Crippen molar-refractivity contribution in [2.45, 2.75) is 258 Å². The second-order valence-electron chi connectivity index (χ2n) is 14.9. The minimum atomic E-state index is -0.222. The lowest BCUT2D eigenvalue weighted by Gasteiger charge is -2.13. The van der Waals surface area contributed by atoms with Crippen molar-refractivity contribution in [3.05, 3.63) is 12.2 Å². The monoisotopic (exact) mass is 663 g/mol. The van der Waals surface area contributed by atoms with Crippen molar-refractivity contribution in [2.75, 3.05) is 6.61 Å². The van der Waals surface area contributed by atoms with Gasteiger partial charge in [0.2, 0.25) is 0 Å². The summed E-state index contributed by atoms with van der Waals surface area (Å²) in [6, 6.07) is 0. The van der Waals surface area contributed by atoms with Gasteiger partial charge in [-0.25, -0.2) is 0 Å². The van der Waals surface area contributed by atoms with Crippen LogP contribution in [0.5, 0.6) is 0 Å². The van der Waals surface area contributed by atoms with Crippen LogP contribution in [0.2, 0.25) is 0 Å². The van der Waals surface area contributed by atoms with Gasteiger partial charge in [0, 0.05) is 13.5 Å². The summed E-state index contributed by atoms with van der Waals surface area (Å²) in [6.07, 6.45) is 55.3. The van der Waals surface area contributed by atoms with Gasteiger partial charge in [-0.1, -0.05) is 231 Å². The Labute approximate surface area is 296 Å². The van der Waals surface area contributed by atoms with Crippen LogP contribution in [-0.4, -0.2) is 23.8 Å². The molecule has 1 N–H and O–H groups in total. The van der Waals surface area contributed by atoms with E-state index >= 15 is 0 Å². The van der Waals surface area contributed by atoms with Gasteiger partial charge in [0.15, 0.2) is 0 Å². The first-order valence-corrected chi connectivity index (χ1v) is 21.7. The molecule has 0 amide bonds. The van der Waals surface area contributed by atoms with E-state index in [-0.39, 0.29) is 18.7 Å². The third-order valence-electron chi connectivity index (χ3n) is 10.1. The highest BCUT2D eigenvalue weighted by Crippen LogP contribution is 2.18. The molecule has 0 rings (SSSR count). The third kappa shape index (κ3) is 41.3. The van der Waals surface area contributed by atoms with Gasteiger partial charge < -0.3 is 9.84 Å². The quantitative estimate of drug-likeness (QED) is 0.0403. The average Bonchev–Trinajstić information content (AvgIpc) is 3.06. The first kappa shape index (κ1) is 46.2. The Hall–Kier alpha value is -0.830. The van der Waals surface area contributed by atoms with Gasteiger partial charge in [-0.15, -0.1) is 0 Å². The molecule has 0 aliphatic rings. The first-order valence-electron chi connectivity index (χ1n) is 21.7. The van der Waals surface area contributed by atoms with Crippen LogP contribution in [-0.2, 0) is 9.53 Å². The lowest BCUT2D eigenvalue weighted by molar-refractivity contribution is -0.144. The lowest BCUT2D eigenvalue weighted by atomic mass is 10.0. The van der Waals surface area contributed by atoms with E-state index in [1.807, 2.05) is 12.2 Å². The van der Waals surface area contributed by atoms with E-state index in [1.165, 1.54) is 225 Å². The highest BCUT2D eigenvalue weighted by atomic mass is 16.5. The van der Waals surface area contributed by atoms with Crippen LogP contribution in [0.25, 0.3) is 0 Å². The number of aliphatic hydroxyl groups is 1. The number of esters is 1. The fourth-order valence-corrected chi connectivity index (χ4v) is 6.98. The number of hydrogen-bond acceptors (Lipinski definition) is 3. The number of carbonyl (C=O) groups is 1. The van der Waals surface area contributed by atoms with Crippen molar-refractivity contribution in [2.24, 2.45) is 0 Å². The Morgan fingerprint density at radius 3 is 0.957 bits per heavy atom. The molecular weight excluding hydrogens is 576 g/mol. The van der Waals surface area contributed by atoms with Gasteiger partial charge in [0.05, 0.1) is 0 Å². The van der Waals surface area contributed by atoms with E-state index in [1.54, 1.807) is 0 Å². The number of hydrogen-bond donors (Lipinski definition) is 1. The molecule has 0 aliphatic carbocycles. The number of rotatable bonds is 40. The Morgan fingerprint density at radius 1 is 0.468 bits per heavy atom. The van der Waals surface area contributed by atoms with E-state index in [2.05, 4.69) is 6.92 Å². The summed E-state index contributed by atoms with van der Waals surface area (Å²) in [5.41, 5.74) is 0. The van der Waals surface area contributed by atoms with Gasteiger partial charge >= 0.3 is 5.97 Å². The molecule has 0 heterocycles. The van der Waals surface area contributed by atoms with E-state index in [4.69, 9.17) is 9.84 Å². The standard InChI is InChI=1S/C44H86O3/c1-3-4-5-6-7-8-9-10-11-12-13-14-15-16-17-18-19-20-21-22-23-24-25-26-27-28-29-30-31-32-33-34-35-36-37-40-44(47-43(2)46)41-38-39-42-45/h38,41,44-45H,3-37,39-40,42H2,1-2H3. The second-order valence-corrected chi connectivity index (χ2v) is 14.9. The van der Waals surface area contributed by atoms with Gasteiger partial charge in [0.1, 0.15) is 6.10 Å². The van der Waals surface area contributed by atoms with Gasteiger partial charge in [-0.05, 0) is 25.3 Å². The Balaban J connectivity index is 3.18. The fourth-order valence-electron chi connectivity index (χ4n) is 6.98. The van der Waals surface area contributed by atoms with Crippen LogP contribution < -0.4 is 0 Å². The molecular formula is C44H86O3. The second kappa shape index (κ2) is 41.3. The Morgan fingerprint density at radius 2 is 0.723 bits per heavy atom. The predicted octanol–water partition coefficient (Wildman–Crippen LogP) is 14.9. The molecule has 0 aromatic carbocycles. The van der Waals surface area contributed by atoms with Crippen molar-refractivity contribution in [1.82, 2.24) is 0 Å². The summed E-state index contributed by atoms with van der Waals surface area (Å²) in [7, 11) is 0. The maximum absolute atomic E-state index is 11.3. The summed E-state index contributed by atoms with van der Waals surface area (Å²) in [5.74, 6) is -0.222. The van der Waals surface area contributed by atoms with Crippen molar-refractivity contribution in [3.8, 4) is 0 Å². The molecule has 280 valence electrons. The molecule has 0 aromatic rings. The van der Waals surface area contributed by atoms with Crippen LogP contribution in [0.15, 0.2) is 12.2 Å². The maximum Gasteiger partial charge on any atom is 0.303 e. The highest BCUT2D eigenvalue weighted by Gasteiger charge is 2.07. The zero-order chi connectivity index (χ0) is 34.1. The van der Waals surface area contributed by atoms with E-state index < -0.39 is 0 Å². The van der Waals surface area contributed by atoms with Crippen LogP contribution in [0.3, 0.4) is 0 Å². The first-order chi connectivity index (χ1) is 23.2. The smallest absolute Gasteiger partial charge is 0.303 e. The molecule has 0 aliphatic heterocycles. The zero-order valence-electron chi connectivity index (χ0n) is 32.4. The topological polar surface area (TPSA) is 46.5 Å². The molecule has 0 fully saturated rings. The molecule has 1 unspecified atom stereocenters. The number of ether oxygens (including phenoxy) is 1. The minimum Gasteiger partial charge on any atom is -0.458 e. The van der Waals surface area contributed by atoms with E-state index in [0.717, 1.165) is 12.8 Å². The van der Waals surface area contributed by atoms with Crippen LogP contribution >= 0.6 is 0 Å². The van der Waals surface area contributed by atoms with Gasteiger partial charge in [-0.2, -0.15) is 0 Å². The van der Waals surface area contributed by atoms with Crippen molar-refractivity contribution in [1.29, 1.82) is 0 Å². The fraction of sp³-hybridized carbons (Fsp3) is 0.932. The molecule has 0 bridgehead atoms. The van der Waals surface area contributed by atoms with E-state index in [0.29, 0.717) is 6.42 Å². The lowest BCUT2D eigenvalue weighted by Crippen LogP contribution is -2.13. The normalized spacial score (nSPS) is 12.3. The van der Waals surface area contributed by atoms with Crippen molar-refractivity contribution in [3.63, 3.8) is 0 Å². The molecule has 0 radical (unpaired) electrons. The molecule has 3 nitrogen and oxygen atoms in total. The van der Waals surface area contributed by atoms with Gasteiger partial charge in [-0.3, -0.25) is 4.79 Å². The third-order valence-corrected chi connectivity index (χ3v) is 10.1. The van der Waals surface area contributed by atoms with Crippen molar-refractivity contribution < 1.29 is 14.6 Å².